The Hall–Kier alpha value is -1.33. The van der Waals surface area contributed by atoms with Crippen molar-refractivity contribution in [1.29, 1.82) is 5.26 Å². The van der Waals surface area contributed by atoms with Crippen molar-refractivity contribution in [2.45, 2.75) is 52.6 Å². The zero-order valence-corrected chi connectivity index (χ0v) is 11.9. The molecule has 98 valence electrons. The van der Waals surface area contributed by atoms with E-state index in [0.29, 0.717) is 12.0 Å². The summed E-state index contributed by atoms with van der Waals surface area (Å²) in [7, 11) is 0. The summed E-state index contributed by atoms with van der Waals surface area (Å²) in [4.78, 5) is 0. The normalized spacial score (nSPS) is 14.2. The van der Waals surface area contributed by atoms with Crippen LogP contribution in [0.25, 0.3) is 0 Å². The van der Waals surface area contributed by atoms with Gasteiger partial charge in [0.05, 0.1) is 11.6 Å². The van der Waals surface area contributed by atoms with Crippen LogP contribution in [0.3, 0.4) is 0 Å². The second-order valence-electron chi connectivity index (χ2n) is 4.99. The van der Waals surface area contributed by atoms with E-state index in [1.807, 2.05) is 18.2 Å². The third kappa shape index (κ3) is 3.85. The Morgan fingerprint density at radius 2 is 1.89 bits per heavy atom. The molecule has 2 atom stereocenters. The number of rotatable bonds is 6. The Morgan fingerprint density at radius 1 is 1.22 bits per heavy atom. The first-order valence-corrected chi connectivity index (χ1v) is 6.88. The minimum Gasteiger partial charge on any atom is -0.307 e. The predicted molar refractivity (Wildman–Crippen MR) is 76.2 cm³/mol. The van der Waals surface area contributed by atoms with Crippen LogP contribution in [-0.2, 0) is 0 Å². The number of hydrogen-bond donors (Lipinski definition) is 1. The van der Waals surface area contributed by atoms with Gasteiger partial charge in [-0.25, -0.2) is 0 Å². The number of nitriles is 1. The molecule has 0 aliphatic carbocycles. The average Bonchev–Trinajstić information content (AvgIpc) is 2.40. The standard InChI is InChI=1S/C16H24N2/c1-5-15(6-2)12(3)18-13(4)16-9-7-8-14(10-16)11-17/h7-10,12-13,15,18H,5-6H2,1-4H3. The van der Waals surface area contributed by atoms with Gasteiger partial charge in [-0.1, -0.05) is 38.8 Å². The van der Waals surface area contributed by atoms with Crippen molar-refractivity contribution in [3.63, 3.8) is 0 Å². The molecule has 1 rings (SSSR count). The summed E-state index contributed by atoms with van der Waals surface area (Å²) >= 11 is 0. The van der Waals surface area contributed by atoms with Gasteiger partial charge in [-0.15, -0.1) is 0 Å². The van der Waals surface area contributed by atoms with Crippen molar-refractivity contribution in [2.24, 2.45) is 5.92 Å². The van der Waals surface area contributed by atoms with Crippen molar-refractivity contribution in [3.05, 3.63) is 35.4 Å². The Labute approximate surface area is 111 Å². The van der Waals surface area contributed by atoms with Gasteiger partial charge in [0.15, 0.2) is 0 Å². The van der Waals surface area contributed by atoms with Crippen LogP contribution in [0.4, 0.5) is 0 Å². The van der Waals surface area contributed by atoms with E-state index in [-0.39, 0.29) is 6.04 Å². The maximum Gasteiger partial charge on any atom is 0.0991 e. The molecule has 2 nitrogen and oxygen atoms in total. The molecule has 2 heteroatoms. The van der Waals surface area contributed by atoms with Gasteiger partial charge in [-0.3, -0.25) is 0 Å². The fourth-order valence-electron chi connectivity index (χ4n) is 2.50. The number of nitrogens with zero attached hydrogens (tertiary/aromatic N) is 1. The molecule has 2 unspecified atom stereocenters. The largest absolute Gasteiger partial charge is 0.307 e. The highest BCUT2D eigenvalue weighted by Crippen LogP contribution is 2.19. The molecule has 0 amide bonds. The van der Waals surface area contributed by atoms with Gasteiger partial charge in [0.25, 0.3) is 0 Å². The lowest BCUT2D eigenvalue weighted by Crippen LogP contribution is -2.35. The van der Waals surface area contributed by atoms with E-state index < -0.39 is 0 Å². The van der Waals surface area contributed by atoms with Gasteiger partial charge in [-0.05, 0) is 37.5 Å². The third-order valence-corrected chi connectivity index (χ3v) is 3.78. The van der Waals surface area contributed by atoms with Crippen LogP contribution in [-0.4, -0.2) is 6.04 Å². The number of benzene rings is 1. The first-order chi connectivity index (χ1) is 8.62. The maximum atomic E-state index is 8.92. The highest BCUT2D eigenvalue weighted by atomic mass is 14.9. The van der Waals surface area contributed by atoms with Gasteiger partial charge >= 0.3 is 0 Å². The summed E-state index contributed by atoms with van der Waals surface area (Å²) in [6.07, 6.45) is 2.41. The van der Waals surface area contributed by atoms with Crippen LogP contribution in [0.1, 0.15) is 57.7 Å². The van der Waals surface area contributed by atoms with Crippen molar-refractivity contribution < 1.29 is 0 Å². The number of hydrogen-bond acceptors (Lipinski definition) is 2. The Morgan fingerprint density at radius 3 is 2.44 bits per heavy atom. The smallest absolute Gasteiger partial charge is 0.0991 e. The average molecular weight is 244 g/mol. The van der Waals surface area contributed by atoms with Crippen LogP contribution < -0.4 is 5.32 Å². The van der Waals surface area contributed by atoms with Gasteiger partial charge < -0.3 is 5.32 Å². The summed E-state index contributed by atoms with van der Waals surface area (Å²) < 4.78 is 0. The van der Waals surface area contributed by atoms with Gasteiger partial charge in [0.1, 0.15) is 0 Å². The highest BCUT2D eigenvalue weighted by molar-refractivity contribution is 5.34. The molecular formula is C16H24N2. The third-order valence-electron chi connectivity index (χ3n) is 3.78. The molecule has 0 heterocycles. The molecule has 1 aromatic rings. The van der Waals surface area contributed by atoms with Crippen LogP contribution in [0.5, 0.6) is 0 Å². The van der Waals surface area contributed by atoms with Crippen LogP contribution >= 0.6 is 0 Å². The van der Waals surface area contributed by atoms with Crippen LogP contribution in [0.2, 0.25) is 0 Å². The molecule has 0 aliphatic rings. The van der Waals surface area contributed by atoms with E-state index in [1.54, 1.807) is 0 Å². The topological polar surface area (TPSA) is 35.8 Å². The first kappa shape index (κ1) is 14.7. The molecular weight excluding hydrogens is 220 g/mol. The fraction of sp³-hybridized carbons (Fsp3) is 0.562. The Kier molecular flexibility index (Phi) is 5.88. The monoisotopic (exact) mass is 244 g/mol. The lowest BCUT2D eigenvalue weighted by Gasteiger charge is -2.26. The molecule has 0 saturated carbocycles. The summed E-state index contributed by atoms with van der Waals surface area (Å²) in [6, 6.07) is 10.8. The second-order valence-corrected chi connectivity index (χ2v) is 4.99. The fourth-order valence-corrected chi connectivity index (χ4v) is 2.50. The Balaban J connectivity index is 2.70. The van der Waals surface area contributed by atoms with Crippen LogP contribution in [0.15, 0.2) is 24.3 Å². The van der Waals surface area contributed by atoms with Crippen molar-refractivity contribution >= 4 is 0 Å². The van der Waals surface area contributed by atoms with Gasteiger partial charge in [-0.2, -0.15) is 5.26 Å². The van der Waals surface area contributed by atoms with E-state index in [9.17, 15) is 0 Å². The predicted octanol–water partition coefficient (Wildman–Crippen LogP) is 4.03. The van der Waals surface area contributed by atoms with E-state index in [2.05, 4.69) is 45.1 Å². The molecule has 0 bridgehead atoms. The lowest BCUT2D eigenvalue weighted by atomic mass is 9.94. The van der Waals surface area contributed by atoms with E-state index in [4.69, 9.17) is 5.26 Å². The maximum absolute atomic E-state index is 8.92. The molecule has 1 aromatic carbocycles. The summed E-state index contributed by atoms with van der Waals surface area (Å²) in [5.74, 6) is 0.714. The minimum absolute atomic E-state index is 0.286. The van der Waals surface area contributed by atoms with E-state index >= 15 is 0 Å². The molecule has 0 fully saturated rings. The summed E-state index contributed by atoms with van der Waals surface area (Å²) in [6.45, 7) is 8.90. The zero-order valence-electron chi connectivity index (χ0n) is 11.9. The molecule has 1 N–H and O–H groups in total. The van der Waals surface area contributed by atoms with Crippen molar-refractivity contribution in [2.75, 3.05) is 0 Å². The SMILES string of the molecule is CCC(CC)C(C)NC(C)c1cccc(C#N)c1. The highest BCUT2D eigenvalue weighted by Gasteiger charge is 2.16. The van der Waals surface area contributed by atoms with Crippen molar-refractivity contribution in [1.82, 2.24) is 5.32 Å². The first-order valence-electron chi connectivity index (χ1n) is 6.88. The summed E-state index contributed by atoms with van der Waals surface area (Å²) in [5.41, 5.74) is 1.92. The van der Waals surface area contributed by atoms with Gasteiger partial charge in [0.2, 0.25) is 0 Å². The molecule has 0 aromatic heterocycles. The van der Waals surface area contributed by atoms with Crippen LogP contribution in [0, 0.1) is 17.2 Å². The second kappa shape index (κ2) is 7.18. The van der Waals surface area contributed by atoms with Crippen molar-refractivity contribution in [3.8, 4) is 6.07 Å². The number of nitrogens with one attached hydrogen (secondary N) is 1. The van der Waals surface area contributed by atoms with E-state index in [0.717, 1.165) is 5.56 Å². The summed E-state index contributed by atoms with van der Waals surface area (Å²) in [5, 5.41) is 12.6. The molecule has 0 aliphatic heterocycles. The molecule has 0 spiro atoms. The quantitative estimate of drug-likeness (QED) is 0.820. The molecule has 0 radical (unpaired) electrons. The molecule has 0 saturated heterocycles. The van der Waals surface area contributed by atoms with Gasteiger partial charge in [0, 0.05) is 12.1 Å². The Bertz CT molecular complexity index is 402. The zero-order chi connectivity index (χ0) is 13.5. The molecule has 18 heavy (non-hydrogen) atoms. The minimum atomic E-state index is 0.286. The lowest BCUT2D eigenvalue weighted by molar-refractivity contribution is 0.330. The van der Waals surface area contributed by atoms with E-state index in [1.165, 1.54) is 18.4 Å².